The number of aromatic nitrogens is 2. The predicted molar refractivity (Wildman–Crippen MR) is 116 cm³/mol. The van der Waals surface area contributed by atoms with Crippen molar-refractivity contribution in [3.63, 3.8) is 0 Å². The Morgan fingerprint density at radius 1 is 1.23 bits per heavy atom. The number of nitriles is 1. The molecule has 1 aliphatic rings. The molecule has 0 radical (unpaired) electrons. The summed E-state index contributed by atoms with van der Waals surface area (Å²) in [6, 6.07) is 11.4. The largest absolute Gasteiger partial charge is 0.444 e. The average molecular weight is 423 g/mol. The lowest BCUT2D eigenvalue weighted by Crippen LogP contribution is -2.66. The zero-order valence-corrected chi connectivity index (χ0v) is 19.0. The van der Waals surface area contributed by atoms with Crippen molar-refractivity contribution in [2.24, 2.45) is 5.41 Å². The Hall–Kier alpha value is -2.98. The molecule has 0 bridgehead atoms. The van der Waals surface area contributed by atoms with E-state index in [-0.39, 0.29) is 5.69 Å². The summed E-state index contributed by atoms with van der Waals surface area (Å²) in [6.45, 7) is 12.2. The van der Waals surface area contributed by atoms with E-state index < -0.39 is 22.7 Å². The highest BCUT2D eigenvalue weighted by Crippen LogP contribution is 2.50. The Labute approximate surface area is 183 Å². The van der Waals surface area contributed by atoms with E-state index in [9.17, 15) is 15.2 Å². The van der Waals surface area contributed by atoms with Gasteiger partial charge in [-0.25, -0.2) is 4.79 Å². The molecule has 31 heavy (non-hydrogen) atoms. The van der Waals surface area contributed by atoms with E-state index in [2.05, 4.69) is 24.0 Å². The van der Waals surface area contributed by atoms with Gasteiger partial charge >= 0.3 is 6.09 Å². The first-order valence-corrected chi connectivity index (χ1v) is 10.4. The first-order valence-electron chi connectivity index (χ1n) is 10.4. The van der Waals surface area contributed by atoms with Crippen molar-refractivity contribution in [3.05, 3.63) is 58.9 Å². The van der Waals surface area contributed by atoms with Crippen LogP contribution >= 0.6 is 0 Å². The molecule has 1 saturated heterocycles. The predicted octanol–water partition coefficient (Wildman–Crippen LogP) is 3.96. The number of ether oxygens (including phenoxy) is 1. The summed E-state index contributed by atoms with van der Waals surface area (Å²) >= 11 is 0. The Morgan fingerprint density at radius 3 is 2.35 bits per heavy atom. The second kappa shape index (κ2) is 7.93. The van der Waals surface area contributed by atoms with Crippen molar-refractivity contribution in [2.75, 3.05) is 13.1 Å². The molecule has 1 fully saturated rings. The summed E-state index contributed by atoms with van der Waals surface area (Å²) in [7, 11) is 0. The lowest BCUT2D eigenvalue weighted by Gasteiger charge is -2.56. The normalized spacial score (nSPS) is 17.5. The molecule has 2 aromatic rings. The number of amides is 1. The van der Waals surface area contributed by atoms with E-state index in [4.69, 9.17) is 4.74 Å². The van der Waals surface area contributed by atoms with Crippen LogP contribution in [0.15, 0.2) is 36.5 Å². The number of benzene rings is 1. The molecule has 0 aliphatic carbocycles. The monoisotopic (exact) mass is 422 g/mol. The number of rotatable bonds is 4. The van der Waals surface area contributed by atoms with Gasteiger partial charge in [-0.1, -0.05) is 45.0 Å². The second-order valence-corrected chi connectivity index (χ2v) is 9.83. The maximum Gasteiger partial charge on any atom is 0.410 e. The number of hydrogen-bond acceptors (Lipinski definition) is 6. The number of nitrogens with zero attached hydrogens (tertiary/aromatic N) is 4. The van der Waals surface area contributed by atoms with Gasteiger partial charge in [0, 0.05) is 24.1 Å². The van der Waals surface area contributed by atoms with Gasteiger partial charge in [-0.3, -0.25) is 0 Å². The van der Waals surface area contributed by atoms with Crippen molar-refractivity contribution >= 4 is 6.09 Å². The molecule has 1 atom stereocenters. The minimum Gasteiger partial charge on any atom is -0.444 e. The molecular weight excluding hydrogens is 392 g/mol. The highest BCUT2D eigenvalue weighted by atomic mass is 16.6. The van der Waals surface area contributed by atoms with Crippen LogP contribution in [0.1, 0.15) is 69.8 Å². The third-order valence-electron chi connectivity index (χ3n) is 5.79. The van der Waals surface area contributed by atoms with Crippen LogP contribution in [0, 0.1) is 16.7 Å². The smallest absolute Gasteiger partial charge is 0.410 e. The van der Waals surface area contributed by atoms with Gasteiger partial charge in [-0.05, 0) is 43.9 Å². The summed E-state index contributed by atoms with van der Waals surface area (Å²) < 4.78 is 5.48. The molecule has 3 rings (SSSR count). The molecule has 1 aliphatic heterocycles. The average Bonchev–Trinajstić information content (AvgIpc) is 2.69. The van der Waals surface area contributed by atoms with E-state index in [1.807, 2.05) is 58.0 Å². The third kappa shape index (κ3) is 4.26. The summed E-state index contributed by atoms with van der Waals surface area (Å²) in [6.07, 6.45) is 1.08. The van der Waals surface area contributed by atoms with E-state index in [0.717, 1.165) is 5.56 Å². The van der Waals surface area contributed by atoms with Crippen LogP contribution in [0.3, 0.4) is 0 Å². The van der Waals surface area contributed by atoms with Crippen molar-refractivity contribution in [1.29, 1.82) is 5.26 Å². The molecule has 7 nitrogen and oxygen atoms in total. The van der Waals surface area contributed by atoms with Crippen molar-refractivity contribution in [1.82, 2.24) is 15.1 Å². The van der Waals surface area contributed by atoms with Crippen LogP contribution < -0.4 is 0 Å². The fourth-order valence-corrected chi connectivity index (χ4v) is 4.07. The number of likely N-dealkylation sites (tertiary alicyclic amines) is 1. The van der Waals surface area contributed by atoms with Crippen molar-refractivity contribution in [3.8, 4) is 6.07 Å². The zero-order valence-electron chi connectivity index (χ0n) is 19.0. The van der Waals surface area contributed by atoms with Crippen LogP contribution in [-0.2, 0) is 10.3 Å². The molecule has 1 amide bonds. The van der Waals surface area contributed by atoms with E-state index >= 15 is 0 Å². The SMILES string of the molecule is CC(C)c1ccc([C@](O)(c2cnnc(C#N)c2)C2(C)CN(C(=O)OC(C)(C)C)C2)cc1. The lowest BCUT2D eigenvalue weighted by atomic mass is 9.62. The van der Waals surface area contributed by atoms with Crippen LogP contribution in [0.2, 0.25) is 0 Å². The maximum absolute atomic E-state index is 12.5. The lowest BCUT2D eigenvalue weighted by molar-refractivity contribution is -0.131. The number of hydrogen-bond donors (Lipinski definition) is 1. The molecular formula is C24H30N4O3. The van der Waals surface area contributed by atoms with E-state index in [1.165, 1.54) is 6.20 Å². The molecule has 0 spiro atoms. The summed E-state index contributed by atoms with van der Waals surface area (Å²) in [5, 5.41) is 29.2. The molecule has 2 heterocycles. The van der Waals surface area contributed by atoms with E-state index in [0.29, 0.717) is 30.1 Å². The van der Waals surface area contributed by atoms with Crippen LogP contribution in [0.5, 0.6) is 0 Å². The van der Waals surface area contributed by atoms with Crippen LogP contribution in [0.4, 0.5) is 4.79 Å². The van der Waals surface area contributed by atoms with Crippen molar-refractivity contribution in [2.45, 2.75) is 58.7 Å². The van der Waals surface area contributed by atoms with Gasteiger partial charge in [0.25, 0.3) is 0 Å². The molecule has 1 aromatic heterocycles. The van der Waals surface area contributed by atoms with Gasteiger partial charge in [0.2, 0.25) is 0 Å². The number of aliphatic hydroxyl groups is 1. The van der Waals surface area contributed by atoms with Gasteiger partial charge in [-0.15, -0.1) is 5.10 Å². The summed E-state index contributed by atoms with van der Waals surface area (Å²) in [5.41, 5.74) is -0.333. The van der Waals surface area contributed by atoms with Gasteiger partial charge in [0.05, 0.1) is 6.20 Å². The molecule has 0 saturated carbocycles. The maximum atomic E-state index is 12.5. The van der Waals surface area contributed by atoms with Gasteiger partial charge in [-0.2, -0.15) is 10.4 Å². The first kappa shape index (κ1) is 22.7. The van der Waals surface area contributed by atoms with Gasteiger partial charge in [0.1, 0.15) is 17.3 Å². The van der Waals surface area contributed by atoms with Crippen LogP contribution in [0.25, 0.3) is 0 Å². The molecule has 1 aromatic carbocycles. The minimum absolute atomic E-state index is 0.127. The quantitative estimate of drug-likeness (QED) is 0.800. The third-order valence-corrected chi connectivity index (χ3v) is 5.79. The Bertz CT molecular complexity index is 999. The summed E-state index contributed by atoms with van der Waals surface area (Å²) in [4.78, 5) is 14.1. The Morgan fingerprint density at radius 2 is 1.84 bits per heavy atom. The zero-order chi connectivity index (χ0) is 23.0. The highest BCUT2D eigenvalue weighted by molar-refractivity contribution is 5.70. The van der Waals surface area contributed by atoms with Crippen LogP contribution in [-0.4, -0.2) is 45.0 Å². The first-order chi connectivity index (χ1) is 14.4. The Kier molecular flexibility index (Phi) is 5.81. The fourth-order valence-electron chi connectivity index (χ4n) is 4.07. The number of carbonyl (C=O) groups excluding carboxylic acids is 1. The number of carbonyl (C=O) groups is 1. The van der Waals surface area contributed by atoms with E-state index in [1.54, 1.807) is 11.0 Å². The minimum atomic E-state index is -1.47. The standard InChI is InChI=1S/C24H30N4O3/c1-16(2)17-7-9-18(10-8-17)24(30,19-11-20(12-25)27-26-13-19)23(6)14-28(15-23)21(29)31-22(3,4)5/h7-11,13,16,30H,14-15H2,1-6H3/t24-/m0/s1. The molecule has 164 valence electrons. The Balaban J connectivity index is 2.01. The molecule has 0 unspecified atom stereocenters. The second-order valence-electron chi connectivity index (χ2n) is 9.83. The fraction of sp³-hybridized carbons (Fsp3) is 0.500. The molecule has 7 heteroatoms. The van der Waals surface area contributed by atoms with Gasteiger partial charge in [0.15, 0.2) is 5.69 Å². The topological polar surface area (TPSA) is 99.3 Å². The summed E-state index contributed by atoms with van der Waals surface area (Å²) in [5.74, 6) is 0.358. The highest BCUT2D eigenvalue weighted by Gasteiger charge is 2.58. The van der Waals surface area contributed by atoms with Crippen molar-refractivity contribution < 1.29 is 14.6 Å². The van der Waals surface area contributed by atoms with Gasteiger partial charge < -0.3 is 14.7 Å². The molecule has 1 N–H and O–H groups in total.